The standard InChI is InChI=1S/C9H14O4S/c10-9(5-14(11,12)13)8-4-6-1-2-7(8)3-6/h6-8H,1-5H2,(H,11,12,13). The molecule has 0 aromatic carbocycles. The summed E-state index contributed by atoms with van der Waals surface area (Å²) in [7, 11) is -4.13. The predicted molar refractivity (Wildman–Crippen MR) is 50.4 cm³/mol. The number of rotatable bonds is 3. The molecule has 1 N–H and O–H groups in total. The van der Waals surface area contributed by atoms with Crippen LogP contribution in [0.15, 0.2) is 0 Å². The largest absolute Gasteiger partial charge is 0.298 e. The lowest BCUT2D eigenvalue weighted by Gasteiger charge is -2.19. The Hall–Kier alpha value is -0.420. The van der Waals surface area contributed by atoms with Gasteiger partial charge in [0.15, 0.2) is 5.78 Å². The molecule has 5 heteroatoms. The first kappa shape index (κ1) is 10.1. The van der Waals surface area contributed by atoms with Gasteiger partial charge in [-0.1, -0.05) is 6.42 Å². The summed E-state index contributed by atoms with van der Waals surface area (Å²) in [5.41, 5.74) is 0. The van der Waals surface area contributed by atoms with Crippen molar-refractivity contribution in [3.63, 3.8) is 0 Å². The maximum atomic E-state index is 11.5. The zero-order valence-electron chi connectivity index (χ0n) is 7.85. The molecule has 14 heavy (non-hydrogen) atoms. The number of hydrogen-bond donors (Lipinski definition) is 1. The van der Waals surface area contributed by atoms with Gasteiger partial charge in [-0.2, -0.15) is 8.42 Å². The summed E-state index contributed by atoms with van der Waals surface area (Å²) in [5, 5.41) is 0. The minimum absolute atomic E-state index is 0.101. The van der Waals surface area contributed by atoms with Crippen molar-refractivity contribution >= 4 is 15.9 Å². The third-order valence-electron chi connectivity index (χ3n) is 3.48. The van der Waals surface area contributed by atoms with Crippen LogP contribution in [0.4, 0.5) is 0 Å². The number of hydrogen-bond acceptors (Lipinski definition) is 3. The second kappa shape index (κ2) is 3.31. The van der Waals surface area contributed by atoms with Gasteiger partial charge < -0.3 is 0 Å². The molecule has 0 aliphatic heterocycles. The second-order valence-corrected chi connectivity index (χ2v) is 5.93. The molecule has 4 nitrogen and oxygen atoms in total. The lowest BCUT2D eigenvalue weighted by molar-refractivity contribution is -0.121. The third-order valence-corrected chi connectivity index (χ3v) is 4.13. The molecule has 2 bridgehead atoms. The minimum atomic E-state index is -4.13. The van der Waals surface area contributed by atoms with Gasteiger partial charge in [0, 0.05) is 5.92 Å². The summed E-state index contributed by atoms with van der Waals surface area (Å²) in [6, 6.07) is 0. The zero-order chi connectivity index (χ0) is 10.3. The molecule has 3 atom stereocenters. The monoisotopic (exact) mass is 218 g/mol. The van der Waals surface area contributed by atoms with Crippen molar-refractivity contribution in [1.29, 1.82) is 0 Å². The molecular weight excluding hydrogens is 204 g/mol. The highest BCUT2D eigenvalue weighted by Crippen LogP contribution is 2.48. The van der Waals surface area contributed by atoms with Gasteiger partial charge in [-0.3, -0.25) is 9.35 Å². The molecular formula is C9H14O4S. The number of fused-ring (bicyclic) bond motifs is 2. The SMILES string of the molecule is O=C(CS(=O)(=O)O)C1CC2CCC1C2. The summed E-state index contributed by atoms with van der Waals surface area (Å²) < 4.78 is 29.6. The van der Waals surface area contributed by atoms with E-state index in [0.29, 0.717) is 11.8 Å². The summed E-state index contributed by atoms with van der Waals surface area (Å²) in [4.78, 5) is 11.5. The van der Waals surface area contributed by atoms with E-state index in [4.69, 9.17) is 4.55 Å². The van der Waals surface area contributed by atoms with Crippen LogP contribution in [-0.4, -0.2) is 24.5 Å². The van der Waals surface area contributed by atoms with Crippen LogP contribution >= 0.6 is 0 Å². The molecule has 2 saturated carbocycles. The van der Waals surface area contributed by atoms with Crippen molar-refractivity contribution < 1.29 is 17.8 Å². The molecule has 2 aliphatic rings. The van der Waals surface area contributed by atoms with E-state index >= 15 is 0 Å². The summed E-state index contributed by atoms with van der Waals surface area (Å²) >= 11 is 0. The van der Waals surface area contributed by atoms with Crippen molar-refractivity contribution in [3.8, 4) is 0 Å². The number of ketones is 1. The smallest absolute Gasteiger partial charge is 0.272 e. The van der Waals surface area contributed by atoms with Crippen LogP contribution in [0, 0.1) is 17.8 Å². The van der Waals surface area contributed by atoms with Crippen molar-refractivity contribution in [3.05, 3.63) is 0 Å². The van der Waals surface area contributed by atoms with E-state index in [1.54, 1.807) is 0 Å². The molecule has 2 rings (SSSR count). The Bertz CT molecular complexity index is 346. The van der Waals surface area contributed by atoms with Crippen LogP contribution in [0.5, 0.6) is 0 Å². The highest BCUT2D eigenvalue weighted by Gasteiger charge is 2.43. The van der Waals surface area contributed by atoms with E-state index < -0.39 is 15.9 Å². The van der Waals surface area contributed by atoms with Gasteiger partial charge in [0.05, 0.1) is 0 Å². The van der Waals surface area contributed by atoms with Crippen LogP contribution in [0.1, 0.15) is 25.7 Å². The predicted octanol–water partition coefficient (Wildman–Crippen LogP) is 0.879. The Labute approximate surface area is 83.4 Å². The molecule has 0 amide bonds. The lowest BCUT2D eigenvalue weighted by Crippen LogP contribution is -2.27. The van der Waals surface area contributed by atoms with Gasteiger partial charge in [0.1, 0.15) is 5.75 Å². The topological polar surface area (TPSA) is 71.4 Å². The average molecular weight is 218 g/mol. The summed E-state index contributed by atoms with van der Waals surface area (Å²) in [5.74, 6) is -0.0825. The van der Waals surface area contributed by atoms with Crippen LogP contribution < -0.4 is 0 Å². The van der Waals surface area contributed by atoms with Gasteiger partial charge in [-0.15, -0.1) is 0 Å². The fraction of sp³-hybridized carbons (Fsp3) is 0.889. The number of Topliss-reactive ketones (excluding diaryl/α,β-unsaturated/α-hetero) is 1. The highest BCUT2D eigenvalue weighted by molar-refractivity contribution is 7.86. The Morgan fingerprint density at radius 3 is 2.43 bits per heavy atom. The molecule has 2 fully saturated rings. The number of carbonyl (C=O) groups excluding carboxylic acids is 1. The highest BCUT2D eigenvalue weighted by atomic mass is 32.2. The second-order valence-electron chi connectivity index (χ2n) is 4.47. The lowest BCUT2D eigenvalue weighted by atomic mass is 9.86. The van der Waals surface area contributed by atoms with Crippen molar-refractivity contribution in [2.75, 3.05) is 5.75 Å². The molecule has 3 unspecified atom stereocenters. The molecule has 0 spiro atoms. The van der Waals surface area contributed by atoms with Crippen molar-refractivity contribution in [2.24, 2.45) is 17.8 Å². The first-order valence-electron chi connectivity index (χ1n) is 4.93. The fourth-order valence-electron chi connectivity index (χ4n) is 2.93. The van der Waals surface area contributed by atoms with Crippen molar-refractivity contribution in [1.82, 2.24) is 0 Å². The Balaban J connectivity index is 2.00. The van der Waals surface area contributed by atoms with E-state index in [-0.39, 0.29) is 11.7 Å². The van der Waals surface area contributed by atoms with Gasteiger partial charge in [-0.05, 0) is 31.1 Å². The Morgan fingerprint density at radius 1 is 1.29 bits per heavy atom. The van der Waals surface area contributed by atoms with Gasteiger partial charge in [0.25, 0.3) is 10.1 Å². The maximum absolute atomic E-state index is 11.5. The Morgan fingerprint density at radius 2 is 2.00 bits per heavy atom. The first-order chi connectivity index (χ1) is 6.46. The van der Waals surface area contributed by atoms with E-state index in [9.17, 15) is 13.2 Å². The molecule has 80 valence electrons. The number of carbonyl (C=O) groups is 1. The molecule has 0 aromatic heterocycles. The van der Waals surface area contributed by atoms with Crippen LogP contribution in [0.25, 0.3) is 0 Å². The van der Waals surface area contributed by atoms with Gasteiger partial charge in [-0.25, -0.2) is 0 Å². The molecule has 0 saturated heterocycles. The van der Waals surface area contributed by atoms with E-state index in [0.717, 1.165) is 19.3 Å². The van der Waals surface area contributed by atoms with Gasteiger partial charge in [0.2, 0.25) is 0 Å². The van der Waals surface area contributed by atoms with E-state index in [1.807, 2.05) is 0 Å². The van der Waals surface area contributed by atoms with E-state index in [2.05, 4.69) is 0 Å². The molecule has 0 heterocycles. The van der Waals surface area contributed by atoms with Crippen LogP contribution in [0.3, 0.4) is 0 Å². The van der Waals surface area contributed by atoms with Crippen LogP contribution in [0.2, 0.25) is 0 Å². The normalized spacial score (nSPS) is 36.2. The molecule has 0 radical (unpaired) electrons. The van der Waals surface area contributed by atoms with Crippen LogP contribution in [-0.2, 0) is 14.9 Å². The maximum Gasteiger partial charge on any atom is 0.272 e. The Kier molecular flexibility index (Phi) is 2.39. The fourth-order valence-corrected chi connectivity index (χ4v) is 3.50. The summed E-state index contributed by atoms with van der Waals surface area (Å²) in [6.45, 7) is 0. The zero-order valence-corrected chi connectivity index (χ0v) is 8.66. The quantitative estimate of drug-likeness (QED) is 0.714. The minimum Gasteiger partial charge on any atom is -0.298 e. The molecule has 0 aromatic rings. The van der Waals surface area contributed by atoms with E-state index in [1.165, 1.54) is 6.42 Å². The summed E-state index contributed by atoms with van der Waals surface area (Å²) in [6.07, 6.45) is 4.13. The molecule has 2 aliphatic carbocycles. The average Bonchev–Trinajstić information content (AvgIpc) is 2.59. The van der Waals surface area contributed by atoms with Gasteiger partial charge >= 0.3 is 0 Å². The third kappa shape index (κ3) is 1.98. The van der Waals surface area contributed by atoms with Crippen molar-refractivity contribution in [2.45, 2.75) is 25.7 Å². The first-order valence-corrected chi connectivity index (χ1v) is 6.54.